The fourth-order valence-corrected chi connectivity index (χ4v) is 0.987. The van der Waals surface area contributed by atoms with Crippen molar-refractivity contribution in [3.8, 4) is 11.8 Å². The first kappa shape index (κ1) is 9.30. The van der Waals surface area contributed by atoms with Gasteiger partial charge in [-0.05, 0) is 17.7 Å². The molecule has 1 aromatic carbocycles. The van der Waals surface area contributed by atoms with E-state index in [1.54, 1.807) is 18.2 Å². The Balaban J connectivity index is 3.15. The Kier molecular flexibility index (Phi) is 2.68. The third kappa shape index (κ3) is 1.86. The van der Waals surface area contributed by atoms with Gasteiger partial charge in [0.05, 0.1) is 5.56 Å². The lowest BCUT2D eigenvalue weighted by atomic mass is 10.0. The highest BCUT2D eigenvalue weighted by molar-refractivity contribution is 5.45. The highest BCUT2D eigenvalue weighted by Gasteiger charge is 2.05. The van der Waals surface area contributed by atoms with Crippen LogP contribution in [0.4, 0.5) is 0 Å². The molecule has 0 fully saturated rings. The maximum Gasteiger partial charge on any atom is 0.133 e. The molecule has 0 amide bonds. The average molecular weight is 174 g/mol. The zero-order valence-corrected chi connectivity index (χ0v) is 7.07. The molecule has 0 saturated carbocycles. The minimum absolute atomic E-state index is 0.0255. The number of benzene rings is 1. The molecule has 0 saturated heterocycles. The van der Waals surface area contributed by atoms with Crippen LogP contribution in [0.15, 0.2) is 30.9 Å². The van der Waals surface area contributed by atoms with E-state index in [0.29, 0.717) is 0 Å². The average Bonchev–Trinajstić information content (AvgIpc) is 2.17. The van der Waals surface area contributed by atoms with E-state index in [1.165, 1.54) is 6.07 Å². The molecule has 3 nitrogen and oxygen atoms in total. The SMILES string of the molecule is C=C[C@H](N)c1ccc(O)c(C#N)c1. The van der Waals surface area contributed by atoms with E-state index in [2.05, 4.69) is 6.58 Å². The van der Waals surface area contributed by atoms with Gasteiger partial charge in [0.15, 0.2) is 0 Å². The van der Waals surface area contributed by atoms with Gasteiger partial charge >= 0.3 is 0 Å². The Morgan fingerprint density at radius 1 is 1.62 bits per heavy atom. The number of phenols is 1. The lowest BCUT2D eigenvalue weighted by molar-refractivity contribution is 0.473. The Labute approximate surface area is 76.7 Å². The summed E-state index contributed by atoms with van der Waals surface area (Å²) in [6.07, 6.45) is 1.58. The molecule has 66 valence electrons. The highest BCUT2D eigenvalue weighted by Crippen LogP contribution is 2.20. The summed E-state index contributed by atoms with van der Waals surface area (Å²) in [6, 6.07) is 6.26. The quantitative estimate of drug-likeness (QED) is 0.666. The molecule has 0 aliphatic rings. The molecule has 0 unspecified atom stereocenters. The van der Waals surface area contributed by atoms with E-state index in [4.69, 9.17) is 11.0 Å². The largest absolute Gasteiger partial charge is 0.507 e. The minimum atomic E-state index is -0.298. The number of aromatic hydroxyl groups is 1. The van der Waals surface area contributed by atoms with Gasteiger partial charge < -0.3 is 10.8 Å². The molecule has 3 heteroatoms. The second-order valence-corrected chi connectivity index (χ2v) is 2.65. The van der Waals surface area contributed by atoms with Gasteiger partial charge in [-0.15, -0.1) is 6.58 Å². The van der Waals surface area contributed by atoms with E-state index < -0.39 is 0 Å². The molecule has 1 rings (SSSR count). The first-order chi connectivity index (χ1) is 6.19. The van der Waals surface area contributed by atoms with Crippen LogP contribution in [0, 0.1) is 11.3 Å². The molecule has 0 aromatic heterocycles. The summed E-state index contributed by atoms with van der Waals surface area (Å²) in [6.45, 7) is 3.54. The summed E-state index contributed by atoms with van der Waals surface area (Å²) in [5.41, 5.74) is 6.66. The number of nitriles is 1. The smallest absolute Gasteiger partial charge is 0.133 e. The van der Waals surface area contributed by atoms with Gasteiger partial charge in [-0.3, -0.25) is 0 Å². The first-order valence-electron chi connectivity index (χ1n) is 3.80. The number of hydrogen-bond acceptors (Lipinski definition) is 3. The van der Waals surface area contributed by atoms with Crippen molar-refractivity contribution in [2.75, 3.05) is 0 Å². The molecule has 1 atom stereocenters. The molecule has 0 bridgehead atoms. The number of rotatable bonds is 2. The summed E-state index contributed by atoms with van der Waals surface area (Å²) < 4.78 is 0. The molecule has 1 aromatic rings. The molecule has 0 heterocycles. The Hall–Kier alpha value is -1.79. The lowest BCUT2D eigenvalue weighted by Gasteiger charge is -2.06. The van der Waals surface area contributed by atoms with Crippen molar-refractivity contribution < 1.29 is 5.11 Å². The Morgan fingerprint density at radius 2 is 2.31 bits per heavy atom. The molecule has 3 N–H and O–H groups in total. The van der Waals surface area contributed by atoms with Crippen molar-refractivity contribution in [2.45, 2.75) is 6.04 Å². The van der Waals surface area contributed by atoms with Crippen LogP contribution in [0.2, 0.25) is 0 Å². The van der Waals surface area contributed by atoms with Crippen LogP contribution in [0.5, 0.6) is 5.75 Å². The van der Waals surface area contributed by atoms with Crippen molar-refractivity contribution in [3.05, 3.63) is 42.0 Å². The Bertz CT molecular complexity index is 366. The standard InChI is InChI=1S/C10H10N2O/c1-2-9(12)7-3-4-10(13)8(5-7)6-11/h2-5,9,13H,1,12H2/t9-/m0/s1. The zero-order chi connectivity index (χ0) is 9.84. The Morgan fingerprint density at radius 3 is 2.85 bits per heavy atom. The first-order valence-corrected chi connectivity index (χ1v) is 3.80. The summed E-state index contributed by atoms with van der Waals surface area (Å²) in [4.78, 5) is 0. The van der Waals surface area contributed by atoms with E-state index in [0.717, 1.165) is 5.56 Å². The molecular formula is C10H10N2O. The number of nitrogens with zero attached hydrogens (tertiary/aromatic N) is 1. The number of phenolic OH excluding ortho intramolecular Hbond substituents is 1. The van der Waals surface area contributed by atoms with E-state index in [1.807, 2.05) is 6.07 Å². The van der Waals surface area contributed by atoms with Gasteiger partial charge in [0, 0.05) is 6.04 Å². The van der Waals surface area contributed by atoms with E-state index in [-0.39, 0.29) is 17.4 Å². The summed E-state index contributed by atoms with van der Waals surface area (Å²) in [5, 5.41) is 17.8. The van der Waals surface area contributed by atoms with Crippen molar-refractivity contribution in [3.63, 3.8) is 0 Å². The molecule has 0 spiro atoms. The number of hydrogen-bond donors (Lipinski definition) is 2. The summed E-state index contributed by atoms with van der Waals surface area (Å²) in [7, 11) is 0. The summed E-state index contributed by atoms with van der Waals surface area (Å²) >= 11 is 0. The normalized spacial score (nSPS) is 11.7. The van der Waals surface area contributed by atoms with Gasteiger partial charge in [0.25, 0.3) is 0 Å². The van der Waals surface area contributed by atoms with Crippen LogP contribution >= 0.6 is 0 Å². The van der Waals surface area contributed by atoms with Gasteiger partial charge in [0.1, 0.15) is 11.8 Å². The molecule has 0 aliphatic heterocycles. The second-order valence-electron chi connectivity index (χ2n) is 2.65. The molecule has 13 heavy (non-hydrogen) atoms. The van der Waals surface area contributed by atoms with Crippen LogP contribution in [0.3, 0.4) is 0 Å². The van der Waals surface area contributed by atoms with Crippen molar-refractivity contribution in [1.29, 1.82) is 5.26 Å². The summed E-state index contributed by atoms with van der Waals surface area (Å²) in [5.74, 6) is -0.0255. The van der Waals surface area contributed by atoms with Crippen molar-refractivity contribution in [1.82, 2.24) is 0 Å². The predicted octanol–water partition coefficient (Wildman–Crippen LogP) is 1.45. The van der Waals surface area contributed by atoms with Crippen LogP contribution in [0.25, 0.3) is 0 Å². The fraction of sp³-hybridized carbons (Fsp3) is 0.100. The predicted molar refractivity (Wildman–Crippen MR) is 49.9 cm³/mol. The monoisotopic (exact) mass is 174 g/mol. The van der Waals surface area contributed by atoms with Gasteiger partial charge in [-0.1, -0.05) is 12.1 Å². The van der Waals surface area contributed by atoms with Crippen LogP contribution in [-0.2, 0) is 0 Å². The minimum Gasteiger partial charge on any atom is -0.507 e. The molecule has 0 radical (unpaired) electrons. The molecular weight excluding hydrogens is 164 g/mol. The third-order valence-electron chi connectivity index (χ3n) is 1.78. The maximum absolute atomic E-state index is 9.20. The van der Waals surface area contributed by atoms with Crippen LogP contribution < -0.4 is 5.73 Å². The second kappa shape index (κ2) is 3.74. The van der Waals surface area contributed by atoms with Crippen molar-refractivity contribution in [2.24, 2.45) is 5.73 Å². The van der Waals surface area contributed by atoms with E-state index in [9.17, 15) is 5.11 Å². The van der Waals surface area contributed by atoms with Crippen LogP contribution in [0.1, 0.15) is 17.2 Å². The highest BCUT2D eigenvalue weighted by atomic mass is 16.3. The van der Waals surface area contributed by atoms with E-state index >= 15 is 0 Å². The fourth-order valence-electron chi connectivity index (χ4n) is 0.987. The molecule has 0 aliphatic carbocycles. The van der Waals surface area contributed by atoms with Crippen LogP contribution in [-0.4, -0.2) is 5.11 Å². The topological polar surface area (TPSA) is 70.0 Å². The van der Waals surface area contributed by atoms with Gasteiger partial charge in [0.2, 0.25) is 0 Å². The van der Waals surface area contributed by atoms with Gasteiger partial charge in [-0.25, -0.2) is 0 Å². The van der Waals surface area contributed by atoms with Gasteiger partial charge in [-0.2, -0.15) is 5.26 Å². The van der Waals surface area contributed by atoms with Crippen molar-refractivity contribution >= 4 is 0 Å². The maximum atomic E-state index is 9.20. The lowest BCUT2D eigenvalue weighted by Crippen LogP contribution is -2.06. The third-order valence-corrected chi connectivity index (χ3v) is 1.78. The number of nitrogens with two attached hydrogens (primary N) is 1. The zero-order valence-electron chi connectivity index (χ0n) is 7.07.